The molecule has 0 aliphatic rings. The molecule has 3 aromatic rings. The van der Waals surface area contributed by atoms with Crippen molar-refractivity contribution in [1.29, 1.82) is 0 Å². The van der Waals surface area contributed by atoms with Gasteiger partial charge in [-0.2, -0.15) is 13.2 Å². The number of fused-ring (bicyclic) bond motifs is 1. The number of ether oxygens (including phenoxy) is 1. The number of alkyl halides is 3. The third kappa shape index (κ3) is 3.52. The van der Waals surface area contributed by atoms with Crippen LogP contribution in [0, 0.1) is 5.82 Å². The van der Waals surface area contributed by atoms with Crippen molar-refractivity contribution >= 4 is 29.0 Å². The number of rotatable bonds is 4. The Morgan fingerprint density at radius 3 is 2.68 bits per heavy atom. The van der Waals surface area contributed by atoms with Gasteiger partial charge in [0.15, 0.2) is 0 Å². The van der Waals surface area contributed by atoms with Gasteiger partial charge in [0.25, 0.3) is 5.56 Å². The van der Waals surface area contributed by atoms with E-state index in [2.05, 4.69) is 15.0 Å². The highest BCUT2D eigenvalue weighted by molar-refractivity contribution is 6.33. The number of aromatic nitrogens is 3. The molecule has 0 atom stereocenters. The molecule has 0 unspecified atom stereocenters. The Bertz CT molecular complexity index is 1120. The summed E-state index contributed by atoms with van der Waals surface area (Å²) in [6, 6.07) is 2.29. The summed E-state index contributed by atoms with van der Waals surface area (Å²) in [6.07, 6.45) is -2.77. The van der Waals surface area contributed by atoms with Crippen LogP contribution in [0.15, 0.2) is 35.4 Å². The number of anilines is 1. The van der Waals surface area contributed by atoms with Gasteiger partial charge in [-0.05, 0) is 12.1 Å². The molecular formula is C16H11ClF4N4O3. The number of carbonyl (C=O) groups is 1. The number of hydrogen-bond donors (Lipinski definition) is 1. The second kappa shape index (κ2) is 7.15. The molecule has 0 saturated carbocycles. The van der Waals surface area contributed by atoms with Crippen molar-refractivity contribution in [2.24, 2.45) is 0 Å². The zero-order valence-corrected chi connectivity index (χ0v) is 14.8. The fraction of sp³-hybridized carbons (Fsp3) is 0.188. The lowest BCUT2D eigenvalue weighted by Gasteiger charge is -2.15. The van der Waals surface area contributed by atoms with E-state index in [9.17, 15) is 27.2 Å². The van der Waals surface area contributed by atoms with Crippen molar-refractivity contribution in [3.8, 4) is 5.69 Å². The van der Waals surface area contributed by atoms with Crippen LogP contribution in [0.2, 0.25) is 5.02 Å². The standard InChI is InChI=1S/C16H11ClF4N4O3/c1-28-14(27)7-23-10-5-11(9(18)4-8(10)17)25-13(26)6-12(16(19,20)21)24-3-2-22-15(24)25/h2-6,23H,7H2,1H3. The molecule has 0 bridgehead atoms. The minimum atomic E-state index is -4.82. The predicted octanol–water partition coefficient (Wildman–Crippen LogP) is 2.88. The molecule has 2 heterocycles. The van der Waals surface area contributed by atoms with E-state index < -0.39 is 40.7 Å². The van der Waals surface area contributed by atoms with Crippen LogP contribution in [0.25, 0.3) is 11.5 Å². The second-order valence-electron chi connectivity index (χ2n) is 5.51. The minimum absolute atomic E-state index is 0.0694. The summed E-state index contributed by atoms with van der Waals surface area (Å²) >= 11 is 5.93. The highest BCUT2D eigenvalue weighted by Gasteiger charge is 2.35. The Morgan fingerprint density at radius 2 is 2.04 bits per heavy atom. The third-order valence-corrected chi connectivity index (χ3v) is 4.09. The average molecular weight is 419 g/mol. The summed E-state index contributed by atoms with van der Waals surface area (Å²) in [4.78, 5) is 27.4. The number of esters is 1. The normalized spacial score (nSPS) is 11.6. The number of nitrogens with one attached hydrogen (secondary N) is 1. The second-order valence-corrected chi connectivity index (χ2v) is 5.92. The lowest BCUT2D eigenvalue weighted by Crippen LogP contribution is -2.26. The maximum absolute atomic E-state index is 14.5. The lowest BCUT2D eigenvalue weighted by atomic mass is 10.2. The molecule has 28 heavy (non-hydrogen) atoms. The van der Waals surface area contributed by atoms with Gasteiger partial charge in [-0.25, -0.2) is 13.9 Å². The molecule has 0 amide bonds. The Balaban J connectivity index is 2.20. The molecule has 0 radical (unpaired) electrons. The maximum atomic E-state index is 14.5. The molecule has 0 aliphatic carbocycles. The first-order valence-electron chi connectivity index (χ1n) is 7.60. The van der Waals surface area contributed by atoms with E-state index in [0.29, 0.717) is 15.0 Å². The van der Waals surface area contributed by atoms with Crippen LogP contribution < -0.4 is 10.9 Å². The van der Waals surface area contributed by atoms with Crippen molar-refractivity contribution in [2.45, 2.75) is 6.18 Å². The molecule has 3 rings (SSSR count). The quantitative estimate of drug-likeness (QED) is 0.521. The first-order valence-corrected chi connectivity index (χ1v) is 7.97. The van der Waals surface area contributed by atoms with Crippen LogP contribution in [0.4, 0.5) is 23.2 Å². The molecule has 2 aromatic heterocycles. The lowest BCUT2D eigenvalue weighted by molar-refractivity contribution is -0.142. The maximum Gasteiger partial charge on any atom is 0.432 e. The fourth-order valence-electron chi connectivity index (χ4n) is 2.53. The first-order chi connectivity index (χ1) is 13.1. The van der Waals surface area contributed by atoms with E-state index >= 15 is 0 Å². The molecule has 148 valence electrons. The van der Waals surface area contributed by atoms with E-state index in [1.54, 1.807) is 0 Å². The molecule has 0 fully saturated rings. The zero-order chi connectivity index (χ0) is 20.6. The van der Waals surface area contributed by atoms with Crippen molar-refractivity contribution < 1.29 is 27.1 Å². The van der Waals surface area contributed by atoms with Crippen LogP contribution in [0.3, 0.4) is 0 Å². The van der Waals surface area contributed by atoms with Gasteiger partial charge in [0.2, 0.25) is 5.78 Å². The molecule has 0 aliphatic heterocycles. The topological polar surface area (TPSA) is 77.6 Å². The van der Waals surface area contributed by atoms with Crippen LogP contribution >= 0.6 is 11.6 Å². The van der Waals surface area contributed by atoms with E-state index in [-0.39, 0.29) is 17.3 Å². The summed E-state index contributed by atoms with van der Waals surface area (Å²) in [5.41, 5.74) is -2.72. The molecule has 0 saturated heterocycles. The van der Waals surface area contributed by atoms with Crippen molar-refractivity contribution in [3.63, 3.8) is 0 Å². The van der Waals surface area contributed by atoms with Crippen molar-refractivity contribution in [1.82, 2.24) is 14.0 Å². The number of imidazole rings is 1. The number of carbonyl (C=O) groups excluding carboxylic acids is 1. The van der Waals surface area contributed by atoms with Crippen LogP contribution in [-0.2, 0) is 15.7 Å². The summed E-state index contributed by atoms with van der Waals surface area (Å²) in [7, 11) is 1.17. The Labute approximate surface area is 159 Å². The Hall–Kier alpha value is -3.08. The van der Waals surface area contributed by atoms with Gasteiger partial charge < -0.3 is 10.1 Å². The van der Waals surface area contributed by atoms with Crippen molar-refractivity contribution in [2.75, 3.05) is 19.0 Å². The van der Waals surface area contributed by atoms with Gasteiger partial charge >= 0.3 is 12.1 Å². The number of halogens is 5. The molecule has 1 N–H and O–H groups in total. The predicted molar refractivity (Wildman–Crippen MR) is 91.3 cm³/mol. The number of hydrogen-bond acceptors (Lipinski definition) is 5. The first kappa shape index (κ1) is 19.7. The van der Waals surface area contributed by atoms with Gasteiger partial charge in [0, 0.05) is 18.5 Å². The van der Waals surface area contributed by atoms with Gasteiger partial charge in [-0.3, -0.25) is 14.0 Å². The Kier molecular flexibility index (Phi) is 5.02. The largest absolute Gasteiger partial charge is 0.468 e. The molecule has 7 nitrogen and oxygen atoms in total. The fourth-order valence-corrected chi connectivity index (χ4v) is 2.74. The van der Waals surface area contributed by atoms with Crippen LogP contribution in [-0.4, -0.2) is 33.6 Å². The van der Waals surface area contributed by atoms with Crippen LogP contribution in [0.1, 0.15) is 5.69 Å². The van der Waals surface area contributed by atoms with Crippen molar-refractivity contribution in [3.05, 3.63) is 57.5 Å². The number of benzene rings is 1. The molecule has 12 heteroatoms. The minimum Gasteiger partial charge on any atom is -0.468 e. The van der Waals surface area contributed by atoms with E-state index in [1.807, 2.05) is 0 Å². The van der Waals surface area contributed by atoms with E-state index in [4.69, 9.17) is 11.6 Å². The van der Waals surface area contributed by atoms with Gasteiger partial charge in [0.1, 0.15) is 18.1 Å². The van der Waals surface area contributed by atoms with Gasteiger partial charge in [0.05, 0.1) is 23.5 Å². The third-order valence-electron chi connectivity index (χ3n) is 3.78. The summed E-state index contributed by atoms with van der Waals surface area (Å²) in [5, 5.41) is 2.50. The smallest absolute Gasteiger partial charge is 0.432 e. The summed E-state index contributed by atoms with van der Waals surface area (Å²) in [6.45, 7) is -0.304. The van der Waals surface area contributed by atoms with Gasteiger partial charge in [-0.15, -0.1) is 0 Å². The van der Waals surface area contributed by atoms with Gasteiger partial charge in [-0.1, -0.05) is 11.6 Å². The highest BCUT2D eigenvalue weighted by Crippen LogP contribution is 2.31. The zero-order valence-electron chi connectivity index (χ0n) is 14.1. The Morgan fingerprint density at radius 1 is 1.32 bits per heavy atom. The average Bonchev–Trinajstić information content (AvgIpc) is 3.09. The SMILES string of the molecule is COC(=O)CNc1cc(-n2c(=O)cc(C(F)(F)F)n3ccnc23)c(F)cc1Cl. The summed E-state index contributed by atoms with van der Waals surface area (Å²) in [5.74, 6) is -2.05. The summed E-state index contributed by atoms with van der Waals surface area (Å²) < 4.78 is 59.8. The van der Waals surface area contributed by atoms with E-state index in [0.717, 1.165) is 24.5 Å². The highest BCUT2D eigenvalue weighted by atomic mass is 35.5. The van der Waals surface area contributed by atoms with E-state index in [1.165, 1.54) is 7.11 Å². The van der Waals surface area contributed by atoms with Crippen LogP contribution in [0.5, 0.6) is 0 Å². The molecular weight excluding hydrogens is 408 g/mol. The monoisotopic (exact) mass is 418 g/mol. The number of nitrogens with zero attached hydrogens (tertiary/aromatic N) is 3. The molecule has 1 aromatic carbocycles. The molecule has 0 spiro atoms. The number of methoxy groups -OCH3 is 1.